The van der Waals surface area contributed by atoms with Crippen LogP contribution in [0.5, 0.6) is 11.5 Å². The Labute approximate surface area is 189 Å². The number of aldehydes is 1. The van der Waals surface area contributed by atoms with E-state index in [1.807, 2.05) is 6.92 Å². The van der Waals surface area contributed by atoms with Gasteiger partial charge in [0.15, 0.2) is 12.0 Å². The van der Waals surface area contributed by atoms with Crippen molar-refractivity contribution in [3.8, 4) is 11.5 Å². The van der Waals surface area contributed by atoms with Crippen molar-refractivity contribution in [1.29, 1.82) is 0 Å². The van der Waals surface area contributed by atoms with Crippen molar-refractivity contribution in [2.45, 2.75) is 26.6 Å². The van der Waals surface area contributed by atoms with Crippen LogP contribution < -0.4 is 9.62 Å². The van der Waals surface area contributed by atoms with Gasteiger partial charge in [0.25, 0.3) is 5.69 Å². The molecule has 0 amide bonds. The van der Waals surface area contributed by atoms with Gasteiger partial charge in [-0.05, 0) is 60.9 Å². The molecule has 0 heterocycles. The lowest BCUT2D eigenvalue weighted by molar-refractivity contribution is -0.385. The lowest BCUT2D eigenvalue weighted by Gasteiger charge is -2.16. The van der Waals surface area contributed by atoms with Crippen LogP contribution in [0.25, 0.3) is 0 Å². The number of hydrogen-bond acceptors (Lipinski definition) is 8. The summed E-state index contributed by atoms with van der Waals surface area (Å²) < 4.78 is 5.33. The molecule has 0 aliphatic heterocycles. The molecular weight excluding hydrogens is 430 g/mol. The van der Waals surface area contributed by atoms with Crippen LogP contribution in [0.2, 0.25) is 0 Å². The smallest absolute Gasteiger partial charge is 0.343 e. The van der Waals surface area contributed by atoms with Gasteiger partial charge in [0.1, 0.15) is 11.9 Å². The van der Waals surface area contributed by atoms with Gasteiger partial charge in [-0.3, -0.25) is 14.9 Å². The average Bonchev–Trinajstić information content (AvgIpc) is 2.82. The molecule has 0 spiro atoms. The summed E-state index contributed by atoms with van der Waals surface area (Å²) in [5.41, 5.74) is 1.70. The number of benzene rings is 3. The predicted molar refractivity (Wildman–Crippen MR) is 117 cm³/mol. The van der Waals surface area contributed by atoms with E-state index in [4.69, 9.17) is 14.5 Å². The first kappa shape index (κ1) is 23.6. The highest BCUT2D eigenvalue weighted by molar-refractivity contribution is 5.93. The van der Waals surface area contributed by atoms with Gasteiger partial charge in [-0.15, -0.1) is 0 Å². The predicted octanol–water partition coefficient (Wildman–Crippen LogP) is 4.50. The second-order valence-electron chi connectivity index (χ2n) is 7.14. The summed E-state index contributed by atoms with van der Waals surface area (Å²) in [5, 5.41) is 20.4. The molecule has 1 N–H and O–H groups in total. The third-order valence-electron chi connectivity index (χ3n) is 4.93. The van der Waals surface area contributed by atoms with Gasteiger partial charge in [0.2, 0.25) is 0 Å². The van der Waals surface area contributed by atoms with Crippen LogP contribution in [0.3, 0.4) is 0 Å². The van der Waals surface area contributed by atoms with Crippen molar-refractivity contribution in [2.75, 3.05) is 0 Å². The van der Waals surface area contributed by atoms with E-state index in [2.05, 4.69) is 0 Å². The SMILES string of the molecule is Cc1ccc(OOC(C)c2ccccc2C(=O)Oc2ccc([N+](=O)[O-])c(C=O)c2)cc1CO. The third-order valence-corrected chi connectivity index (χ3v) is 4.93. The first-order chi connectivity index (χ1) is 15.8. The van der Waals surface area contributed by atoms with Gasteiger partial charge < -0.3 is 14.7 Å². The zero-order valence-electron chi connectivity index (χ0n) is 17.9. The Kier molecular flexibility index (Phi) is 7.50. The van der Waals surface area contributed by atoms with E-state index in [9.17, 15) is 24.8 Å². The molecule has 1 atom stereocenters. The van der Waals surface area contributed by atoms with Crippen molar-refractivity contribution in [3.05, 3.63) is 98.6 Å². The number of carbonyl (C=O) groups excluding carboxylic acids is 2. The first-order valence-electron chi connectivity index (χ1n) is 9.92. The molecule has 0 bridgehead atoms. The number of carbonyl (C=O) groups is 2. The Hall–Kier alpha value is -4.08. The van der Waals surface area contributed by atoms with Gasteiger partial charge in [-0.2, -0.15) is 4.89 Å². The minimum atomic E-state index is -0.732. The number of rotatable bonds is 9. The summed E-state index contributed by atoms with van der Waals surface area (Å²) in [6.45, 7) is 3.41. The summed E-state index contributed by atoms with van der Waals surface area (Å²) >= 11 is 0. The van der Waals surface area contributed by atoms with Crippen LogP contribution in [0.1, 0.15) is 50.4 Å². The van der Waals surface area contributed by atoms with Crippen molar-refractivity contribution in [2.24, 2.45) is 0 Å². The first-order valence-corrected chi connectivity index (χ1v) is 9.92. The molecule has 0 saturated heterocycles. The summed E-state index contributed by atoms with van der Waals surface area (Å²) in [6.07, 6.45) is -0.348. The van der Waals surface area contributed by atoms with Gasteiger partial charge in [-0.25, -0.2) is 4.79 Å². The normalized spacial score (nSPS) is 11.5. The molecular formula is C24H21NO8. The number of esters is 1. The van der Waals surface area contributed by atoms with Crippen LogP contribution in [-0.2, 0) is 11.5 Å². The maximum absolute atomic E-state index is 12.8. The van der Waals surface area contributed by atoms with E-state index in [-0.39, 0.29) is 29.2 Å². The lowest BCUT2D eigenvalue weighted by Crippen LogP contribution is -2.15. The van der Waals surface area contributed by atoms with Gasteiger partial charge in [0.05, 0.1) is 22.7 Å². The molecule has 170 valence electrons. The second kappa shape index (κ2) is 10.5. The van der Waals surface area contributed by atoms with E-state index in [1.165, 1.54) is 6.07 Å². The lowest BCUT2D eigenvalue weighted by atomic mass is 10.0. The maximum Gasteiger partial charge on any atom is 0.343 e. The number of aryl methyl sites for hydroxylation is 1. The standard InChI is InChI=1S/C24H21NO8/c1-15-7-8-20(11-17(15)13-26)33-32-16(2)21-5-3-4-6-22(21)24(28)31-19-9-10-23(25(29)30)18(12-19)14-27/h3-12,14,16,26H,13H2,1-2H3. The van der Waals surface area contributed by atoms with Crippen LogP contribution in [0.4, 0.5) is 5.69 Å². The zero-order valence-corrected chi connectivity index (χ0v) is 17.9. The summed E-state index contributed by atoms with van der Waals surface area (Å²) in [4.78, 5) is 45.0. The molecule has 0 aromatic heterocycles. The molecule has 3 rings (SSSR count). The molecule has 1 unspecified atom stereocenters. The molecule has 3 aromatic carbocycles. The molecule has 9 nitrogen and oxygen atoms in total. The van der Waals surface area contributed by atoms with Gasteiger partial charge in [-0.1, -0.05) is 24.3 Å². The van der Waals surface area contributed by atoms with E-state index < -0.39 is 17.0 Å². The van der Waals surface area contributed by atoms with Crippen LogP contribution in [0.15, 0.2) is 60.7 Å². The number of nitro groups is 1. The molecule has 33 heavy (non-hydrogen) atoms. The van der Waals surface area contributed by atoms with Gasteiger partial charge in [0, 0.05) is 6.07 Å². The van der Waals surface area contributed by atoms with Crippen molar-refractivity contribution < 1.29 is 34.1 Å². The highest BCUT2D eigenvalue weighted by Gasteiger charge is 2.21. The molecule has 0 aliphatic carbocycles. The number of ether oxygens (including phenoxy) is 1. The number of hydrogen-bond donors (Lipinski definition) is 1. The van der Waals surface area contributed by atoms with Crippen LogP contribution in [0, 0.1) is 17.0 Å². The highest BCUT2D eigenvalue weighted by Crippen LogP contribution is 2.27. The van der Waals surface area contributed by atoms with E-state index in [1.54, 1.807) is 49.4 Å². The molecule has 0 radical (unpaired) electrons. The van der Waals surface area contributed by atoms with E-state index >= 15 is 0 Å². The number of aliphatic hydroxyl groups excluding tert-OH is 1. The highest BCUT2D eigenvalue weighted by atomic mass is 17.2. The topological polar surface area (TPSA) is 125 Å². The van der Waals surface area contributed by atoms with E-state index in [0.29, 0.717) is 23.2 Å². The number of nitrogens with zero attached hydrogens (tertiary/aromatic N) is 1. The summed E-state index contributed by atoms with van der Waals surface area (Å²) in [6, 6.07) is 15.2. The fourth-order valence-corrected chi connectivity index (χ4v) is 3.11. The largest absolute Gasteiger partial charge is 0.423 e. The zero-order chi connectivity index (χ0) is 24.0. The van der Waals surface area contributed by atoms with Crippen molar-refractivity contribution in [1.82, 2.24) is 0 Å². The Morgan fingerprint density at radius 2 is 1.85 bits per heavy atom. The minimum Gasteiger partial charge on any atom is -0.423 e. The quantitative estimate of drug-likeness (QED) is 0.126. The minimum absolute atomic E-state index is 0.0106. The van der Waals surface area contributed by atoms with Crippen molar-refractivity contribution in [3.63, 3.8) is 0 Å². The Balaban J connectivity index is 1.76. The molecule has 3 aromatic rings. The Bertz CT molecular complexity index is 1190. The third kappa shape index (κ3) is 5.59. The van der Waals surface area contributed by atoms with Crippen LogP contribution >= 0.6 is 0 Å². The molecule has 0 saturated carbocycles. The second-order valence-corrected chi connectivity index (χ2v) is 7.14. The maximum atomic E-state index is 12.8. The van der Waals surface area contributed by atoms with Crippen molar-refractivity contribution >= 4 is 17.9 Å². The molecule has 9 heteroatoms. The number of nitro benzene ring substituents is 1. The Morgan fingerprint density at radius 3 is 2.55 bits per heavy atom. The van der Waals surface area contributed by atoms with Crippen LogP contribution in [-0.4, -0.2) is 22.3 Å². The number of aliphatic hydroxyl groups is 1. The monoisotopic (exact) mass is 451 g/mol. The summed E-state index contributed by atoms with van der Waals surface area (Å²) in [7, 11) is 0. The average molecular weight is 451 g/mol. The van der Waals surface area contributed by atoms with Gasteiger partial charge >= 0.3 is 5.97 Å². The van der Waals surface area contributed by atoms with E-state index in [0.717, 1.165) is 17.7 Å². The molecule has 0 aliphatic rings. The summed E-state index contributed by atoms with van der Waals surface area (Å²) in [5.74, 6) is -0.350. The fourth-order valence-electron chi connectivity index (χ4n) is 3.11. The fraction of sp³-hybridized carbons (Fsp3) is 0.167. The molecule has 0 fully saturated rings. The Morgan fingerprint density at radius 1 is 1.12 bits per heavy atom.